The van der Waals surface area contributed by atoms with Crippen LogP contribution < -0.4 is 16.0 Å². The molecule has 6 heteroatoms. The van der Waals surface area contributed by atoms with Crippen LogP contribution in [0.4, 0.5) is 17.1 Å². The van der Waals surface area contributed by atoms with Gasteiger partial charge in [-0.3, -0.25) is 4.79 Å². The fourth-order valence-corrected chi connectivity index (χ4v) is 3.78. The van der Waals surface area contributed by atoms with E-state index >= 15 is 0 Å². The molecule has 1 amide bonds. The zero-order valence-electron chi connectivity index (χ0n) is 16.6. The average molecular weight is 390 g/mol. The Bertz CT molecular complexity index is 971. The van der Waals surface area contributed by atoms with Gasteiger partial charge in [-0.2, -0.15) is 0 Å². The maximum atomic E-state index is 12.7. The van der Waals surface area contributed by atoms with E-state index in [1.54, 1.807) is 6.07 Å². The predicted molar refractivity (Wildman–Crippen MR) is 118 cm³/mol. The number of nitrogens with two attached hydrogens (primary N) is 1. The third kappa shape index (κ3) is 4.49. The summed E-state index contributed by atoms with van der Waals surface area (Å²) >= 11 is 0. The van der Waals surface area contributed by atoms with Gasteiger partial charge >= 0.3 is 0 Å². The van der Waals surface area contributed by atoms with Gasteiger partial charge in [0.05, 0.1) is 11.8 Å². The highest BCUT2D eigenvalue weighted by Gasteiger charge is 2.17. The number of piperidine rings is 1. The first-order chi connectivity index (χ1) is 14.0. The van der Waals surface area contributed by atoms with Gasteiger partial charge in [-0.15, -0.1) is 0 Å². The van der Waals surface area contributed by atoms with Gasteiger partial charge < -0.3 is 21.1 Å². The second-order valence-corrected chi connectivity index (χ2v) is 7.76. The third-order valence-corrected chi connectivity index (χ3v) is 5.37. The normalized spacial score (nSPS) is 17.1. The number of rotatable bonds is 3. The molecule has 1 saturated heterocycles. The van der Waals surface area contributed by atoms with Gasteiger partial charge in [0.15, 0.2) is 0 Å². The maximum absolute atomic E-state index is 12.7. The molecule has 0 bridgehead atoms. The Labute approximate surface area is 170 Å². The molecule has 0 spiro atoms. The summed E-state index contributed by atoms with van der Waals surface area (Å²) in [5, 5.41) is 12.6. The Morgan fingerprint density at radius 1 is 1.17 bits per heavy atom. The van der Waals surface area contributed by atoms with Crippen molar-refractivity contribution < 1.29 is 9.90 Å². The van der Waals surface area contributed by atoms with Crippen molar-refractivity contribution in [3.63, 3.8) is 0 Å². The maximum Gasteiger partial charge on any atom is 0.255 e. The summed E-state index contributed by atoms with van der Waals surface area (Å²) in [6, 6.07) is 13.3. The number of aliphatic hydroxyl groups excluding tert-OH is 1. The Morgan fingerprint density at radius 2 is 1.90 bits per heavy atom. The van der Waals surface area contributed by atoms with Gasteiger partial charge in [-0.1, -0.05) is 17.7 Å². The summed E-state index contributed by atoms with van der Waals surface area (Å²) in [6.45, 7) is 3.72. The van der Waals surface area contributed by atoms with Crippen molar-refractivity contribution in [3.05, 3.63) is 59.2 Å². The van der Waals surface area contributed by atoms with Crippen LogP contribution in [-0.4, -0.2) is 36.0 Å². The van der Waals surface area contributed by atoms with Crippen LogP contribution in [0.1, 0.15) is 42.1 Å². The fraction of sp³-hybridized carbons (Fsp3) is 0.304. The van der Waals surface area contributed by atoms with Crippen molar-refractivity contribution in [2.75, 3.05) is 23.3 Å². The quantitative estimate of drug-likeness (QED) is 0.745. The first-order valence-corrected chi connectivity index (χ1v) is 9.96. The first kappa shape index (κ1) is 19.2. The van der Waals surface area contributed by atoms with Crippen LogP contribution in [0.25, 0.3) is 6.08 Å². The monoisotopic (exact) mass is 390 g/mol. The zero-order valence-corrected chi connectivity index (χ0v) is 16.6. The van der Waals surface area contributed by atoms with Crippen LogP contribution in [0.5, 0.6) is 0 Å². The number of aliphatic imine (C=N–C) groups is 1. The second-order valence-electron chi connectivity index (χ2n) is 7.76. The summed E-state index contributed by atoms with van der Waals surface area (Å²) < 4.78 is 0. The number of nitrogens with zero attached hydrogens (tertiary/aromatic N) is 2. The van der Waals surface area contributed by atoms with Gasteiger partial charge in [-0.25, -0.2) is 4.99 Å². The van der Waals surface area contributed by atoms with Crippen molar-refractivity contribution in [2.24, 2.45) is 10.7 Å². The minimum absolute atomic E-state index is 0.180. The highest BCUT2D eigenvalue weighted by atomic mass is 16.3. The molecular formula is C23H26N4O2. The van der Waals surface area contributed by atoms with E-state index in [-0.39, 0.29) is 12.0 Å². The molecule has 4 N–H and O–H groups in total. The molecule has 0 radical (unpaired) electrons. The molecule has 2 aliphatic rings. The van der Waals surface area contributed by atoms with Gasteiger partial charge in [0.2, 0.25) is 0 Å². The molecule has 0 aliphatic carbocycles. The minimum atomic E-state index is -0.190. The van der Waals surface area contributed by atoms with E-state index in [0.29, 0.717) is 17.8 Å². The van der Waals surface area contributed by atoms with Crippen molar-refractivity contribution in [1.29, 1.82) is 0 Å². The number of benzene rings is 2. The lowest BCUT2D eigenvalue weighted by atomic mass is 10.1. The largest absolute Gasteiger partial charge is 0.393 e. The molecule has 0 unspecified atom stereocenters. The standard InChI is InChI=1S/C23H26N4O2/c1-15-12-16-2-3-17(14-21(16)26-22(24)13-15)23(29)25-18-4-6-19(7-5-18)27-10-8-20(28)9-11-27/h2-7,12,14,20,28H,8-11,13H2,1H3,(H2,24,26)(H,25,29). The van der Waals surface area contributed by atoms with Crippen LogP contribution >= 0.6 is 0 Å². The lowest BCUT2D eigenvalue weighted by Gasteiger charge is -2.31. The topological polar surface area (TPSA) is 91.0 Å². The number of carbonyl (C=O) groups excluding carboxylic acids is 1. The van der Waals surface area contributed by atoms with Crippen LogP contribution in [0, 0.1) is 0 Å². The lowest BCUT2D eigenvalue weighted by Crippen LogP contribution is -2.35. The Balaban J connectivity index is 1.46. The summed E-state index contributed by atoms with van der Waals surface area (Å²) in [5.41, 5.74) is 11.2. The van der Waals surface area contributed by atoms with Gasteiger partial charge in [0.1, 0.15) is 5.84 Å². The molecule has 2 heterocycles. The van der Waals surface area contributed by atoms with Crippen molar-refractivity contribution >= 4 is 34.9 Å². The highest BCUT2D eigenvalue weighted by Crippen LogP contribution is 2.28. The molecule has 2 aromatic rings. The molecular weight excluding hydrogens is 364 g/mol. The van der Waals surface area contributed by atoms with Gasteiger partial charge in [0, 0.05) is 42.0 Å². The number of hydrogen-bond donors (Lipinski definition) is 3. The van der Waals surface area contributed by atoms with E-state index in [1.807, 2.05) is 43.3 Å². The number of aliphatic hydroxyl groups is 1. The third-order valence-electron chi connectivity index (χ3n) is 5.37. The fourth-order valence-electron chi connectivity index (χ4n) is 3.78. The summed E-state index contributed by atoms with van der Waals surface area (Å²) in [6.07, 6.45) is 4.08. The number of nitrogens with one attached hydrogen (secondary N) is 1. The number of carbonyl (C=O) groups is 1. The van der Waals surface area contributed by atoms with Crippen LogP contribution in [0.2, 0.25) is 0 Å². The first-order valence-electron chi connectivity index (χ1n) is 9.96. The molecule has 0 aromatic heterocycles. The van der Waals surface area contributed by atoms with Crippen LogP contribution in [-0.2, 0) is 0 Å². The van der Waals surface area contributed by atoms with E-state index in [0.717, 1.165) is 54.1 Å². The summed E-state index contributed by atoms with van der Waals surface area (Å²) in [4.78, 5) is 19.4. The molecule has 29 heavy (non-hydrogen) atoms. The molecule has 1 fully saturated rings. The van der Waals surface area contributed by atoms with Crippen LogP contribution in [0.15, 0.2) is 53.0 Å². The Kier molecular flexibility index (Phi) is 5.36. The minimum Gasteiger partial charge on any atom is -0.393 e. The lowest BCUT2D eigenvalue weighted by molar-refractivity contribution is 0.102. The molecule has 150 valence electrons. The molecule has 0 atom stereocenters. The summed E-state index contributed by atoms with van der Waals surface area (Å²) in [7, 11) is 0. The van der Waals surface area contributed by atoms with Crippen molar-refractivity contribution in [2.45, 2.75) is 32.3 Å². The van der Waals surface area contributed by atoms with Gasteiger partial charge in [-0.05, 0) is 56.2 Å². The highest BCUT2D eigenvalue weighted by molar-refractivity contribution is 6.05. The molecule has 0 saturated carbocycles. The second kappa shape index (κ2) is 8.09. The molecule has 2 aliphatic heterocycles. The van der Waals surface area contributed by atoms with E-state index in [4.69, 9.17) is 5.73 Å². The zero-order chi connectivity index (χ0) is 20.4. The van der Waals surface area contributed by atoms with Crippen molar-refractivity contribution in [3.8, 4) is 0 Å². The predicted octanol–water partition coefficient (Wildman–Crippen LogP) is 3.70. The molecule has 4 rings (SSSR count). The molecule has 2 aromatic carbocycles. The number of anilines is 2. The van der Waals surface area contributed by atoms with Gasteiger partial charge in [0.25, 0.3) is 5.91 Å². The Hall–Kier alpha value is -3.12. The number of hydrogen-bond acceptors (Lipinski definition) is 5. The van der Waals surface area contributed by atoms with E-state index in [1.165, 1.54) is 0 Å². The smallest absolute Gasteiger partial charge is 0.255 e. The number of amides is 1. The van der Waals surface area contributed by atoms with E-state index in [9.17, 15) is 9.90 Å². The average Bonchev–Trinajstić information content (AvgIpc) is 2.84. The number of fused-ring (bicyclic) bond motifs is 1. The number of amidine groups is 1. The SMILES string of the molecule is CC1=Cc2ccc(C(=O)Nc3ccc(N4CCC(O)CC4)cc3)cc2N=C(N)C1. The molecule has 6 nitrogen and oxygen atoms in total. The van der Waals surface area contributed by atoms with E-state index in [2.05, 4.69) is 21.3 Å². The van der Waals surface area contributed by atoms with Crippen LogP contribution in [0.3, 0.4) is 0 Å². The Morgan fingerprint density at radius 3 is 2.62 bits per heavy atom. The van der Waals surface area contributed by atoms with E-state index < -0.39 is 0 Å². The van der Waals surface area contributed by atoms with Crippen molar-refractivity contribution in [1.82, 2.24) is 0 Å². The summed E-state index contributed by atoms with van der Waals surface area (Å²) in [5.74, 6) is 0.372.